The highest BCUT2D eigenvalue weighted by Gasteiger charge is 2.03. The number of aryl methyl sites for hydroxylation is 2. The van der Waals surface area contributed by atoms with Gasteiger partial charge in [0.15, 0.2) is 5.13 Å². The SMILES string of the molecule is Cc1nc(NCc2ccc(Cl)s2)sc1C. The van der Waals surface area contributed by atoms with Crippen molar-refractivity contribution in [1.82, 2.24) is 4.98 Å². The van der Waals surface area contributed by atoms with E-state index in [1.54, 1.807) is 22.7 Å². The minimum Gasteiger partial charge on any atom is -0.357 e. The molecule has 2 nitrogen and oxygen atoms in total. The summed E-state index contributed by atoms with van der Waals surface area (Å²) < 4.78 is 0.832. The van der Waals surface area contributed by atoms with Crippen LogP contribution in [0.3, 0.4) is 0 Å². The second-order valence-corrected chi connectivity index (χ2v) is 6.22. The molecule has 80 valence electrons. The predicted octanol–water partition coefficient (Wildman–Crippen LogP) is 4.09. The van der Waals surface area contributed by atoms with Gasteiger partial charge in [-0.05, 0) is 26.0 Å². The Morgan fingerprint density at radius 1 is 1.33 bits per heavy atom. The molecule has 2 heterocycles. The van der Waals surface area contributed by atoms with Gasteiger partial charge in [-0.2, -0.15) is 0 Å². The van der Waals surface area contributed by atoms with Crippen molar-refractivity contribution in [1.29, 1.82) is 0 Å². The van der Waals surface area contributed by atoms with E-state index in [1.807, 2.05) is 19.1 Å². The third-order valence-electron chi connectivity index (χ3n) is 2.07. The topological polar surface area (TPSA) is 24.9 Å². The van der Waals surface area contributed by atoms with Crippen LogP contribution in [0.15, 0.2) is 12.1 Å². The van der Waals surface area contributed by atoms with Gasteiger partial charge in [-0.15, -0.1) is 22.7 Å². The molecule has 15 heavy (non-hydrogen) atoms. The summed E-state index contributed by atoms with van der Waals surface area (Å²) in [6.07, 6.45) is 0. The van der Waals surface area contributed by atoms with Crippen LogP contribution in [0.4, 0.5) is 5.13 Å². The van der Waals surface area contributed by atoms with E-state index in [4.69, 9.17) is 11.6 Å². The molecule has 2 aromatic heterocycles. The molecular formula is C10H11ClN2S2. The summed E-state index contributed by atoms with van der Waals surface area (Å²) in [4.78, 5) is 6.90. The maximum absolute atomic E-state index is 5.85. The minimum absolute atomic E-state index is 0.795. The van der Waals surface area contributed by atoms with Crippen molar-refractivity contribution in [3.63, 3.8) is 0 Å². The Kier molecular flexibility index (Phi) is 3.29. The van der Waals surface area contributed by atoms with Gasteiger partial charge in [-0.3, -0.25) is 0 Å². The smallest absolute Gasteiger partial charge is 0.183 e. The molecule has 0 saturated carbocycles. The van der Waals surface area contributed by atoms with Crippen molar-refractivity contribution in [2.45, 2.75) is 20.4 Å². The van der Waals surface area contributed by atoms with Crippen molar-refractivity contribution < 1.29 is 0 Å². The predicted molar refractivity (Wildman–Crippen MR) is 68.2 cm³/mol. The molecule has 0 spiro atoms. The van der Waals surface area contributed by atoms with Crippen LogP contribution in [-0.4, -0.2) is 4.98 Å². The van der Waals surface area contributed by atoms with Gasteiger partial charge in [0, 0.05) is 9.75 Å². The molecule has 1 N–H and O–H groups in total. The minimum atomic E-state index is 0.795. The highest BCUT2D eigenvalue weighted by atomic mass is 35.5. The van der Waals surface area contributed by atoms with Gasteiger partial charge < -0.3 is 5.32 Å². The number of hydrogen-bond donors (Lipinski definition) is 1. The summed E-state index contributed by atoms with van der Waals surface area (Å²) in [5.74, 6) is 0. The molecule has 0 aromatic carbocycles. The number of rotatable bonds is 3. The fraction of sp³-hybridized carbons (Fsp3) is 0.300. The van der Waals surface area contributed by atoms with Crippen molar-refractivity contribution in [3.8, 4) is 0 Å². The molecule has 5 heteroatoms. The first-order chi connectivity index (χ1) is 7.15. The fourth-order valence-corrected chi connectivity index (χ4v) is 3.00. The molecular weight excluding hydrogens is 248 g/mol. The number of thiazole rings is 1. The number of nitrogens with zero attached hydrogens (tertiary/aromatic N) is 1. The zero-order chi connectivity index (χ0) is 10.8. The molecule has 0 aliphatic rings. The highest BCUT2D eigenvalue weighted by molar-refractivity contribution is 7.16. The molecule has 2 aromatic rings. The van der Waals surface area contributed by atoms with E-state index in [9.17, 15) is 0 Å². The molecule has 0 aliphatic heterocycles. The fourth-order valence-electron chi connectivity index (χ4n) is 1.16. The van der Waals surface area contributed by atoms with Crippen molar-refractivity contribution >= 4 is 39.4 Å². The first-order valence-corrected chi connectivity index (χ1v) is 6.58. The molecule has 0 saturated heterocycles. The average Bonchev–Trinajstić information content (AvgIpc) is 2.72. The largest absolute Gasteiger partial charge is 0.357 e. The van der Waals surface area contributed by atoms with Crippen molar-refractivity contribution in [2.24, 2.45) is 0 Å². The number of aromatic nitrogens is 1. The summed E-state index contributed by atoms with van der Waals surface area (Å²) in [7, 11) is 0. The summed E-state index contributed by atoms with van der Waals surface area (Å²) in [6, 6.07) is 3.95. The third kappa shape index (κ3) is 2.71. The quantitative estimate of drug-likeness (QED) is 0.897. The van der Waals surface area contributed by atoms with E-state index in [0.717, 1.165) is 21.7 Å². The van der Waals surface area contributed by atoms with Crippen LogP contribution in [-0.2, 0) is 6.54 Å². The Balaban J connectivity index is 1.99. The van der Waals surface area contributed by atoms with Crippen LogP contribution in [0.1, 0.15) is 15.4 Å². The van der Waals surface area contributed by atoms with Gasteiger partial charge in [-0.1, -0.05) is 11.6 Å². The maximum Gasteiger partial charge on any atom is 0.183 e. The van der Waals surface area contributed by atoms with Crippen molar-refractivity contribution in [2.75, 3.05) is 5.32 Å². The number of thiophene rings is 1. The van der Waals surface area contributed by atoms with E-state index >= 15 is 0 Å². The van der Waals surface area contributed by atoms with Crippen LogP contribution >= 0.6 is 34.3 Å². The molecule has 0 amide bonds. The standard InChI is InChI=1S/C10H11ClN2S2/c1-6-7(2)14-10(13-6)12-5-8-3-4-9(11)15-8/h3-4H,5H2,1-2H3,(H,12,13). The molecule has 0 radical (unpaired) electrons. The molecule has 0 atom stereocenters. The van der Waals surface area contributed by atoms with Crippen LogP contribution in [0.5, 0.6) is 0 Å². The Hall–Kier alpha value is -0.580. The van der Waals surface area contributed by atoms with Gasteiger partial charge in [0.1, 0.15) is 0 Å². The van der Waals surface area contributed by atoms with Crippen LogP contribution < -0.4 is 5.32 Å². The van der Waals surface area contributed by atoms with Gasteiger partial charge >= 0.3 is 0 Å². The van der Waals surface area contributed by atoms with Gasteiger partial charge in [0.2, 0.25) is 0 Å². The lowest BCUT2D eigenvalue weighted by atomic mass is 10.4. The summed E-state index contributed by atoms with van der Waals surface area (Å²) in [5.41, 5.74) is 1.10. The van der Waals surface area contributed by atoms with E-state index in [0.29, 0.717) is 0 Å². The van der Waals surface area contributed by atoms with Crippen LogP contribution in [0, 0.1) is 13.8 Å². The van der Waals surface area contributed by atoms with E-state index in [1.165, 1.54) is 9.75 Å². The molecule has 0 bridgehead atoms. The third-order valence-corrected chi connectivity index (χ3v) is 4.33. The normalized spacial score (nSPS) is 10.6. The Morgan fingerprint density at radius 3 is 2.67 bits per heavy atom. The second kappa shape index (κ2) is 4.51. The number of halogens is 1. The molecule has 0 unspecified atom stereocenters. The first-order valence-electron chi connectivity index (χ1n) is 4.57. The van der Waals surface area contributed by atoms with E-state index < -0.39 is 0 Å². The van der Waals surface area contributed by atoms with Crippen LogP contribution in [0.2, 0.25) is 4.34 Å². The Labute approximate surface area is 102 Å². The lowest BCUT2D eigenvalue weighted by Crippen LogP contribution is -1.96. The zero-order valence-corrected chi connectivity index (χ0v) is 10.9. The highest BCUT2D eigenvalue weighted by Crippen LogP contribution is 2.24. The van der Waals surface area contributed by atoms with Gasteiger partial charge in [-0.25, -0.2) is 4.98 Å². The van der Waals surface area contributed by atoms with E-state index in [2.05, 4.69) is 17.2 Å². The van der Waals surface area contributed by atoms with Gasteiger partial charge in [0.25, 0.3) is 0 Å². The summed E-state index contributed by atoms with van der Waals surface area (Å²) in [6.45, 7) is 4.91. The van der Waals surface area contributed by atoms with E-state index in [-0.39, 0.29) is 0 Å². The number of nitrogens with one attached hydrogen (secondary N) is 1. The van der Waals surface area contributed by atoms with Crippen LogP contribution in [0.25, 0.3) is 0 Å². The summed E-state index contributed by atoms with van der Waals surface area (Å²) >= 11 is 9.14. The maximum atomic E-state index is 5.85. The Morgan fingerprint density at radius 2 is 2.13 bits per heavy atom. The number of anilines is 1. The lowest BCUT2D eigenvalue weighted by molar-refractivity contribution is 1.14. The second-order valence-electron chi connectivity index (χ2n) is 3.22. The first kappa shape index (κ1) is 10.9. The zero-order valence-electron chi connectivity index (χ0n) is 8.50. The Bertz CT molecular complexity index is 442. The average molecular weight is 259 g/mol. The molecule has 0 aliphatic carbocycles. The molecule has 2 rings (SSSR count). The summed E-state index contributed by atoms with van der Waals surface area (Å²) in [5, 5.41) is 4.28. The van der Waals surface area contributed by atoms with Crippen molar-refractivity contribution in [3.05, 3.63) is 31.9 Å². The number of hydrogen-bond acceptors (Lipinski definition) is 4. The molecule has 0 fully saturated rings. The van der Waals surface area contributed by atoms with Gasteiger partial charge in [0.05, 0.1) is 16.6 Å². The monoisotopic (exact) mass is 258 g/mol. The lowest BCUT2D eigenvalue weighted by Gasteiger charge is -1.98.